The minimum absolute atomic E-state index is 0.239. The topological polar surface area (TPSA) is 72.5 Å². The van der Waals surface area contributed by atoms with E-state index in [-0.39, 0.29) is 5.91 Å². The van der Waals surface area contributed by atoms with Crippen LogP contribution in [0.2, 0.25) is 0 Å². The van der Waals surface area contributed by atoms with Crippen molar-refractivity contribution in [3.63, 3.8) is 0 Å². The van der Waals surface area contributed by atoms with Crippen molar-refractivity contribution in [2.45, 2.75) is 6.54 Å². The number of rotatable bonds is 7. The van der Waals surface area contributed by atoms with Crippen LogP contribution >= 0.6 is 0 Å². The number of ether oxygens (including phenoxy) is 2. The average molecular weight is 363 g/mol. The molecular weight excluding hydrogens is 342 g/mol. The predicted molar refractivity (Wildman–Crippen MR) is 105 cm³/mol. The summed E-state index contributed by atoms with van der Waals surface area (Å²) in [5.41, 5.74) is 2.96. The van der Waals surface area contributed by atoms with Gasteiger partial charge in [0.1, 0.15) is 17.2 Å². The Balaban J connectivity index is 1.59. The summed E-state index contributed by atoms with van der Waals surface area (Å²) in [6.07, 6.45) is 1.63. The van der Waals surface area contributed by atoms with Crippen LogP contribution in [0.4, 0.5) is 11.4 Å². The van der Waals surface area contributed by atoms with Gasteiger partial charge in [-0.3, -0.25) is 4.79 Å². The monoisotopic (exact) mass is 363 g/mol. The molecule has 1 aromatic heterocycles. The van der Waals surface area contributed by atoms with Crippen LogP contribution in [0.25, 0.3) is 0 Å². The third-order valence-electron chi connectivity index (χ3n) is 4.01. The molecule has 0 atom stereocenters. The maximum atomic E-state index is 12.3. The molecule has 2 N–H and O–H groups in total. The summed E-state index contributed by atoms with van der Waals surface area (Å²) < 4.78 is 10.4. The molecule has 0 aliphatic heterocycles. The Hall–Kier alpha value is -3.54. The summed E-state index contributed by atoms with van der Waals surface area (Å²) in [7, 11) is 3.24. The second-order valence-electron chi connectivity index (χ2n) is 5.78. The normalized spacial score (nSPS) is 10.1. The number of carbonyl (C=O) groups excluding carboxylic acids is 1. The standard InChI is InChI=1S/C21H21N3O3/c1-26-18-10-7-16(8-11-18)24-17-9-12-19(22-14-17)21(25)23-13-15-5-3-4-6-20(15)27-2/h3-12,14,24H,13H2,1-2H3,(H,23,25). The average Bonchev–Trinajstić information content (AvgIpc) is 2.73. The highest BCUT2D eigenvalue weighted by Gasteiger charge is 2.09. The predicted octanol–water partition coefficient (Wildman–Crippen LogP) is 3.77. The molecule has 0 fully saturated rings. The highest BCUT2D eigenvalue weighted by molar-refractivity contribution is 5.92. The minimum atomic E-state index is -0.239. The number of pyridine rings is 1. The van der Waals surface area contributed by atoms with Crippen molar-refractivity contribution in [2.24, 2.45) is 0 Å². The quantitative estimate of drug-likeness (QED) is 0.668. The molecule has 138 valence electrons. The number of benzene rings is 2. The van der Waals surface area contributed by atoms with E-state index in [0.717, 1.165) is 28.4 Å². The second kappa shape index (κ2) is 8.71. The molecule has 0 aliphatic rings. The molecule has 0 radical (unpaired) electrons. The van der Waals surface area contributed by atoms with Gasteiger partial charge in [0.25, 0.3) is 5.91 Å². The van der Waals surface area contributed by atoms with E-state index in [4.69, 9.17) is 9.47 Å². The van der Waals surface area contributed by atoms with Crippen molar-refractivity contribution in [1.29, 1.82) is 0 Å². The lowest BCUT2D eigenvalue weighted by Gasteiger charge is -2.10. The van der Waals surface area contributed by atoms with E-state index in [9.17, 15) is 4.79 Å². The van der Waals surface area contributed by atoms with Crippen LogP contribution < -0.4 is 20.1 Å². The maximum absolute atomic E-state index is 12.3. The molecule has 0 bridgehead atoms. The highest BCUT2D eigenvalue weighted by atomic mass is 16.5. The van der Waals surface area contributed by atoms with Crippen molar-refractivity contribution in [3.8, 4) is 11.5 Å². The molecule has 1 heterocycles. The minimum Gasteiger partial charge on any atom is -0.497 e. The van der Waals surface area contributed by atoms with Crippen LogP contribution in [-0.2, 0) is 6.54 Å². The van der Waals surface area contributed by atoms with Crippen LogP contribution in [0.5, 0.6) is 11.5 Å². The number of methoxy groups -OCH3 is 2. The molecule has 3 aromatic rings. The number of hydrogen-bond donors (Lipinski definition) is 2. The number of aromatic nitrogens is 1. The van der Waals surface area contributed by atoms with Gasteiger partial charge in [0.15, 0.2) is 0 Å². The Morgan fingerprint density at radius 2 is 1.67 bits per heavy atom. The summed E-state index contributed by atoms with van der Waals surface area (Å²) in [5, 5.41) is 6.08. The number of anilines is 2. The Bertz CT molecular complexity index is 893. The third-order valence-corrected chi connectivity index (χ3v) is 4.01. The van der Waals surface area contributed by atoms with E-state index < -0.39 is 0 Å². The van der Waals surface area contributed by atoms with Crippen LogP contribution in [0.1, 0.15) is 16.1 Å². The van der Waals surface area contributed by atoms with E-state index in [0.29, 0.717) is 12.2 Å². The van der Waals surface area contributed by atoms with Crippen molar-refractivity contribution >= 4 is 17.3 Å². The molecule has 1 amide bonds. The molecular formula is C21H21N3O3. The van der Waals surface area contributed by atoms with E-state index in [2.05, 4.69) is 15.6 Å². The van der Waals surface area contributed by atoms with E-state index in [1.807, 2.05) is 54.6 Å². The molecule has 0 unspecified atom stereocenters. The summed E-state index contributed by atoms with van der Waals surface area (Å²) in [6.45, 7) is 0.371. The Morgan fingerprint density at radius 1 is 0.926 bits per heavy atom. The molecule has 0 saturated carbocycles. The molecule has 0 saturated heterocycles. The largest absolute Gasteiger partial charge is 0.497 e. The van der Waals surface area contributed by atoms with Crippen LogP contribution in [0.3, 0.4) is 0 Å². The van der Waals surface area contributed by atoms with Gasteiger partial charge in [-0.05, 0) is 42.5 Å². The number of hydrogen-bond acceptors (Lipinski definition) is 5. The molecule has 0 aliphatic carbocycles. The van der Waals surface area contributed by atoms with Gasteiger partial charge in [-0.15, -0.1) is 0 Å². The van der Waals surface area contributed by atoms with Crippen LogP contribution in [0, 0.1) is 0 Å². The van der Waals surface area contributed by atoms with Gasteiger partial charge in [0.05, 0.1) is 26.1 Å². The summed E-state index contributed by atoms with van der Waals surface area (Å²) >= 11 is 0. The first-order chi connectivity index (χ1) is 13.2. The maximum Gasteiger partial charge on any atom is 0.270 e. The summed E-state index contributed by atoms with van der Waals surface area (Å²) in [4.78, 5) is 16.5. The lowest BCUT2D eigenvalue weighted by molar-refractivity contribution is 0.0945. The zero-order chi connectivity index (χ0) is 19.1. The third kappa shape index (κ3) is 4.76. The molecule has 6 nitrogen and oxygen atoms in total. The van der Waals surface area contributed by atoms with Gasteiger partial charge in [-0.1, -0.05) is 18.2 Å². The Morgan fingerprint density at radius 3 is 2.33 bits per heavy atom. The number of carbonyl (C=O) groups is 1. The molecule has 6 heteroatoms. The molecule has 27 heavy (non-hydrogen) atoms. The Kier molecular flexibility index (Phi) is 5.89. The molecule has 2 aromatic carbocycles. The fourth-order valence-corrected chi connectivity index (χ4v) is 2.56. The van der Waals surface area contributed by atoms with Crippen molar-refractivity contribution < 1.29 is 14.3 Å². The second-order valence-corrected chi connectivity index (χ2v) is 5.78. The summed E-state index contributed by atoms with van der Waals surface area (Å²) in [5.74, 6) is 1.29. The van der Waals surface area contributed by atoms with Crippen LogP contribution in [-0.4, -0.2) is 25.1 Å². The van der Waals surface area contributed by atoms with Gasteiger partial charge in [0, 0.05) is 17.8 Å². The van der Waals surface area contributed by atoms with Crippen molar-refractivity contribution in [3.05, 3.63) is 78.1 Å². The Labute approximate surface area is 158 Å². The van der Waals surface area contributed by atoms with Gasteiger partial charge < -0.3 is 20.1 Å². The lowest BCUT2D eigenvalue weighted by atomic mass is 10.2. The van der Waals surface area contributed by atoms with Crippen LogP contribution in [0.15, 0.2) is 66.9 Å². The fraction of sp³-hybridized carbons (Fsp3) is 0.143. The van der Waals surface area contributed by atoms with E-state index >= 15 is 0 Å². The van der Waals surface area contributed by atoms with E-state index in [1.165, 1.54) is 0 Å². The first-order valence-corrected chi connectivity index (χ1v) is 8.47. The van der Waals surface area contributed by atoms with Gasteiger partial charge in [0.2, 0.25) is 0 Å². The summed E-state index contributed by atoms with van der Waals surface area (Å²) in [6, 6.07) is 18.6. The van der Waals surface area contributed by atoms with Crippen molar-refractivity contribution in [1.82, 2.24) is 10.3 Å². The van der Waals surface area contributed by atoms with Gasteiger partial charge >= 0.3 is 0 Å². The lowest BCUT2D eigenvalue weighted by Crippen LogP contribution is -2.24. The first kappa shape index (κ1) is 18.3. The smallest absolute Gasteiger partial charge is 0.270 e. The highest BCUT2D eigenvalue weighted by Crippen LogP contribution is 2.20. The SMILES string of the molecule is COc1ccc(Nc2ccc(C(=O)NCc3ccccc3OC)nc2)cc1. The zero-order valence-corrected chi connectivity index (χ0v) is 15.2. The number of amides is 1. The molecule has 3 rings (SSSR count). The van der Waals surface area contributed by atoms with Crippen molar-refractivity contribution in [2.75, 3.05) is 19.5 Å². The van der Waals surface area contributed by atoms with Gasteiger partial charge in [-0.25, -0.2) is 4.98 Å². The number of para-hydroxylation sites is 1. The van der Waals surface area contributed by atoms with Gasteiger partial charge in [-0.2, -0.15) is 0 Å². The number of nitrogens with zero attached hydrogens (tertiary/aromatic N) is 1. The van der Waals surface area contributed by atoms with E-state index in [1.54, 1.807) is 26.5 Å². The zero-order valence-electron chi connectivity index (χ0n) is 15.2. The fourth-order valence-electron chi connectivity index (χ4n) is 2.56. The first-order valence-electron chi connectivity index (χ1n) is 8.47. The number of nitrogens with one attached hydrogen (secondary N) is 2. The molecule has 0 spiro atoms.